The predicted octanol–water partition coefficient (Wildman–Crippen LogP) is 9.94. The van der Waals surface area contributed by atoms with E-state index < -0.39 is 16.1 Å². The minimum absolute atomic E-state index is 0.612. The Morgan fingerprint density at radius 3 is 1.35 bits per heavy atom. The van der Waals surface area contributed by atoms with Gasteiger partial charge in [0, 0.05) is 13.1 Å². The molecule has 1 aromatic rings. The number of nitrogens with zero attached hydrogens (tertiary/aromatic N) is 1. The number of hydrogen-bond acceptors (Lipinski definition) is 1. The molecule has 204 valence electrons. The number of rotatable bonds is 8. The van der Waals surface area contributed by atoms with E-state index in [1.165, 1.54) is 24.1 Å². The summed E-state index contributed by atoms with van der Waals surface area (Å²) in [5.41, 5.74) is 15.4. The maximum absolute atomic E-state index is 4.06. The van der Waals surface area contributed by atoms with Gasteiger partial charge in [0.05, 0.1) is 5.57 Å². The van der Waals surface area contributed by atoms with Gasteiger partial charge < -0.3 is 4.90 Å². The minimum Gasteiger partial charge on any atom is -0.364 e. The van der Waals surface area contributed by atoms with Crippen LogP contribution in [-0.2, 0) is 0 Å². The van der Waals surface area contributed by atoms with E-state index in [9.17, 15) is 0 Å². The second-order valence-corrected chi connectivity index (χ2v) is 24.2. The Balaban J connectivity index is 2.95. The molecule has 37 heavy (non-hydrogen) atoms. The smallest absolute Gasteiger partial charge is 0.146 e. The molecule has 1 fully saturated rings. The minimum atomic E-state index is -1.88. The molecule has 0 amide bonds. The summed E-state index contributed by atoms with van der Waals surface area (Å²) in [7, 11) is -3.74. The first-order chi connectivity index (χ1) is 17.3. The van der Waals surface area contributed by atoms with Crippen LogP contribution in [0.5, 0.6) is 0 Å². The van der Waals surface area contributed by atoms with Crippen molar-refractivity contribution in [2.75, 3.05) is 13.1 Å². The summed E-state index contributed by atoms with van der Waals surface area (Å²) in [6.45, 7) is 31.1. The van der Waals surface area contributed by atoms with Gasteiger partial charge in [-0.25, -0.2) is 0 Å². The van der Waals surface area contributed by atoms with Gasteiger partial charge in [0.2, 0.25) is 0 Å². The molecule has 1 aliphatic rings. The van der Waals surface area contributed by atoms with Crippen LogP contribution in [0.15, 0.2) is 36.0 Å². The molecule has 0 spiro atoms. The third-order valence-corrected chi connectivity index (χ3v) is 21.8. The lowest BCUT2D eigenvalue weighted by atomic mass is 10.0. The van der Waals surface area contributed by atoms with Crippen molar-refractivity contribution >= 4 is 21.7 Å². The molecule has 0 saturated carbocycles. The molecule has 0 aliphatic carbocycles. The van der Waals surface area contributed by atoms with Gasteiger partial charge in [-0.3, -0.25) is 0 Å². The van der Waals surface area contributed by atoms with Crippen molar-refractivity contribution in [3.05, 3.63) is 41.6 Å². The van der Waals surface area contributed by atoms with Gasteiger partial charge in [0.25, 0.3) is 0 Å². The van der Waals surface area contributed by atoms with Crippen LogP contribution in [0.2, 0.25) is 33.2 Å². The van der Waals surface area contributed by atoms with E-state index >= 15 is 0 Å². The van der Waals surface area contributed by atoms with Crippen LogP contribution in [0, 0.1) is 22.9 Å². The number of hydrogen-bond donors (Lipinski definition) is 0. The molecule has 1 saturated heterocycles. The monoisotopic (exact) mass is 533 g/mol. The zero-order chi connectivity index (χ0) is 28.0. The van der Waals surface area contributed by atoms with E-state index in [-0.39, 0.29) is 0 Å². The second kappa shape index (κ2) is 13.4. The highest BCUT2D eigenvalue weighted by molar-refractivity contribution is 6.91. The first-order valence-electron chi connectivity index (χ1n) is 14.9. The molecule has 0 bridgehead atoms. The zero-order valence-corrected chi connectivity index (χ0v) is 28.1. The molecule has 1 nitrogen and oxygen atoms in total. The van der Waals surface area contributed by atoms with E-state index in [0.29, 0.717) is 33.2 Å². The van der Waals surface area contributed by atoms with Gasteiger partial charge in [0.15, 0.2) is 0 Å². The van der Waals surface area contributed by atoms with Crippen LogP contribution >= 0.6 is 0 Å². The largest absolute Gasteiger partial charge is 0.364 e. The topological polar surface area (TPSA) is 3.24 Å². The molecular weight excluding hydrogens is 479 g/mol. The van der Waals surface area contributed by atoms with Crippen LogP contribution in [0.4, 0.5) is 0 Å². The molecule has 1 aliphatic heterocycles. The Hall–Kier alpha value is -1.69. The van der Waals surface area contributed by atoms with E-state index in [0.717, 1.165) is 18.7 Å². The molecule has 0 N–H and O–H groups in total. The van der Waals surface area contributed by atoms with Crippen LogP contribution in [0.1, 0.15) is 101 Å². The molecule has 3 heteroatoms. The maximum Gasteiger partial charge on any atom is 0.146 e. The fourth-order valence-corrected chi connectivity index (χ4v) is 17.7. The SMILES string of the molecule is CC(C)[Si](C#C/C(=C(/C#C[Si](C(C)C)(C(C)C)C(C)C)N1CCCC1)c1ccccc1)(C(C)C)C(C)C. The summed E-state index contributed by atoms with van der Waals surface area (Å²) in [5, 5.41) is 0. The Morgan fingerprint density at radius 2 is 0.973 bits per heavy atom. The van der Waals surface area contributed by atoms with Gasteiger partial charge >= 0.3 is 0 Å². The van der Waals surface area contributed by atoms with Gasteiger partial charge in [-0.15, -0.1) is 11.1 Å². The van der Waals surface area contributed by atoms with Gasteiger partial charge in [-0.2, -0.15) is 0 Å². The van der Waals surface area contributed by atoms with E-state index in [1.54, 1.807) is 0 Å². The van der Waals surface area contributed by atoms with Crippen molar-refractivity contribution in [2.45, 2.75) is 129 Å². The molecule has 0 atom stereocenters. The third kappa shape index (κ3) is 6.67. The first-order valence-corrected chi connectivity index (χ1v) is 19.4. The van der Waals surface area contributed by atoms with Crippen LogP contribution < -0.4 is 0 Å². The average Bonchev–Trinajstić information content (AvgIpc) is 3.34. The summed E-state index contributed by atoms with van der Waals surface area (Å²) in [4.78, 5) is 2.55. The zero-order valence-electron chi connectivity index (χ0n) is 26.1. The van der Waals surface area contributed by atoms with Crippen molar-refractivity contribution < 1.29 is 0 Å². The van der Waals surface area contributed by atoms with Crippen molar-refractivity contribution in [2.24, 2.45) is 0 Å². The number of benzene rings is 1. The molecule has 0 radical (unpaired) electrons. The summed E-state index contributed by atoms with van der Waals surface area (Å²) >= 11 is 0. The quantitative estimate of drug-likeness (QED) is 0.237. The van der Waals surface area contributed by atoms with Crippen LogP contribution in [0.3, 0.4) is 0 Å². The highest BCUT2D eigenvalue weighted by Gasteiger charge is 2.43. The lowest BCUT2D eigenvalue weighted by Crippen LogP contribution is -2.43. The van der Waals surface area contributed by atoms with Crippen molar-refractivity contribution in [3.63, 3.8) is 0 Å². The van der Waals surface area contributed by atoms with Crippen LogP contribution in [-0.4, -0.2) is 34.1 Å². The van der Waals surface area contributed by atoms with Crippen molar-refractivity contribution in [3.8, 4) is 22.9 Å². The molecular formula is C34H55NSi2. The fraction of sp³-hybridized carbons (Fsp3) is 0.647. The average molecular weight is 534 g/mol. The van der Waals surface area contributed by atoms with Gasteiger partial charge in [-0.05, 0) is 51.7 Å². The highest BCUT2D eigenvalue weighted by Crippen LogP contribution is 2.42. The van der Waals surface area contributed by atoms with E-state index in [4.69, 9.17) is 0 Å². The molecule has 0 unspecified atom stereocenters. The molecule has 0 aromatic heterocycles. The molecule has 2 rings (SSSR count). The molecule has 1 heterocycles. The Morgan fingerprint density at radius 1 is 0.595 bits per heavy atom. The summed E-state index contributed by atoms with van der Waals surface area (Å²) in [5.74, 6) is 7.78. The summed E-state index contributed by atoms with van der Waals surface area (Å²) < 4.78 is 0. The predicted molar refractivity (Wildman–Crippen MR) is 172 cm³/mol. The first kappa shape index (κ1) is 31.5. The third-order valence-electron chi connectivity index (χ3n) is 9.26. The van der Waals surface area contributed by atoms with Gasteiger partial charge in [-0.1, -0.05) is 125 Å². The van der Waals surface area contributed by atoms with E-state index in [1.807, 2.05) is 0 Å². The summed E-state index contributed by atoms with van der Waals surface area (Å²) in [6, 6.07) is 10.9. The lowest BCUT2D eigenvalue weighted by Gasteiger charge is -2.38. The normalized spacial score (nSPS) is 15.5. The Kier molecular flexibility index (Phi) is 11.4. The molecule has 1 aromatic carbocycles. The van der Waals surface area contributed by atoms with E-state index in [2.05, 4.69) is 141 Å². The van der Waals surface area contributed by atoms with Crippen molar-refractivity contribution in [1.82, 2.24) is 4.90 Å². The highest BCUT2D eigenvalue weighted by atomic mass is 28.3. The van der Waals surface area contributed by atoms with Gasteiger partial charge in [0.1, 0.15) is 21.8 Å². The maximum atomic E-state index is 4.06. The number of likely N-dealkylation sites (tertiary alicyclic amines) is 1. The summed E-state index contributed by atoms with van der Waals surface area (Å²) in [6.07, 6.45) is 2.48. The lowest BCUT2D eigenvalue weighted by molar-refractivity contribution is 0.447. The second-order valence-electron chi connectivity index (χ2n) is 13.1. The standard InChI is InChI=1S/C34H55NSi2/c1-26(2)36(27(3)4,28(5)6)24-20-33(32-18-14-13-15-19-32)34(35-22-16-17-23-35)21-25-37(29(7)8,30(9)10)31(11)12/h13-15,18-19,26-31H,16-17,22-23H2,1-12H3/b34-33+. The fourth-order valence-electron chi connectivity index (χ4n) is 7.32. The van der Waals surface area contributed by atoms with Crippen LogP contribution in [0.25, 0.3) is 5.57 Å². The number of allylic oxidation sites excluding steroid dienone is 2. The Labute approximate surface area is 232 Å². The van der Waals surface area contributed by atoms with Crippen molar-refractivity contribution in [1.29, 1.82) is 0 Å². The Bertz CT molecular complexity index is 973.